The molecule has 0 saturated carbocycles. The lowest BCUT2D eigenvalue weighted by Crippen LogP contribution is -2.37. The highest BCUT2D eigenvalue weighted by Gasteiger charge is 2.22. The third-order valence-electron chi connectivity index (χ3n) is 13.3. The molecule has 0 amide bonds. The van der Waals surface area contributed by atoms with Crippen molar-refractivity contribution in [1.29, 1.82) is 0 Å². The van der Waals surface area contributed by atoms with Crippen LogP contribution >= 0.6 is 7.82 Å². The van der Waals surface area contributed by atoms with Crippen molar-refractivity contribution in [3.63, 3.8) is 0 Å². The van der Waals surface area contributed by atoms with Crippen LogP contribution in [0.15, 0.2) is 12.2 Å². The summed E-state index contributed by atoms with van der Waals surface area (Å²) < 4.78 is 34.2. The van der Waals surface area contributed by atoms with Crippen LogP contribution in [0.4, 0.5) is 0 Å². The van der Waals surface area contributed by atoms with Gasteiger partial charge in [-0.3, -0.25) is 14.2 Å². The summed E-state index contributed by atoms with van der Waals surface area (Å²) in [5.74, 6) is -0.815. The number of ether oxygens (including phenoxy) is 2. The van der Waals surface area contributed by atoms with Gasteiger partial charge in [0.2, 0.25) is 0 Å². The van der Waals surface area contributed by atoms with Gasteiger partial charge < -0.3 is 27.9 Å². The Morgan fingerprint density at radius 1 is 0.441 bits per heavy atom. The Morgan fingerprint density at radius 3 is 1.09 bits per heavy atom. The predicted molar refractivity (Wildman–Crippen MR) is 287 cm³/mol. The molecule has 0 N–H and O–H groups in total. The molecule has 0 aromatic carbocycles. The van der Waals surface area contributed by atoms with E-state index in [9.17, 15) is 19.0 Å². The van der Waals surface area contributed by atoms with E-state index in [0.29, 0.717) is 17.4 Å². The molecule has 2 atom stereocenters. The van der Waals surface area contributed by atoms with Gasteiger partial charge >= 0.3 is 11.9 Å². The van der Waals surface area contributed by atoms with Crippen LogP contribution in [0.25, 0.3) is 0 Å². The molecule has 0 aliphatic heterocycles. The molecule has 0 saturated heterocycles. The maximum Gasteiger partial charge on any atom is 0.306 e. The Hall–Kier alpha value is -1.25. The highest BCUT2D eigenvalue weighted by molar-refractivity contribution is 7.45. The van der Waals surface area contributed by atoms with E-state index in [1.165, 1.54) is 225 Å². The maximum absolute atomic E-state index is 12.8. The van der Waals surface area contributed by atoms with E-state index < -0.39 is 26.5 Å². The van der Waals surface area contributed by atoms with Gasteiger partial charge in [-0.25, -0.2) is 0 Å². The van der Waals surface area contributed by atoms with Crippen LogP contribution in [0, 0.1) is 0 Å². The molecule has 0 aliphatic carbocycles. The average molecular weight is 985 g/mol. The number of esters is 2. The number of phosphoric acid groups is 1. The zero-order valence-electron chi connectivity index (χ0n) is 45.8. The number of likely N-dealkylation sites (N-methyl/N-ethyl adjacent to an activating group) is 1. The summed E-state index contributed by atoms with van der Waals surface area (Å²) in [6.45, 7) is 4.30. The third-order valence-corrected chi connectivity index (χ3v) is 14.2. The fourth-order valence-electron chi connectivity index (χ4n) is 8.71. The van der Waals surface area contributed by atoms with Gasteiger partial charge in [-0.2, -0.15) is 0 Å². The first-order chi connectivity index (χ1) is 33.0. The van der Waals surface area contributed by atoms with Crippen LogP contribution in [-0.2, 0) is 32.7 Å². The van der Waals surface area contributed by atoms with Gasteiger partial charge in [-0.1, -0.05) is 257 Å². The van der Waals surface area contributed by atoms with Crippen LogP contribution in [0.2, 0.25) is 0 Å². The molecule has 0 aliphatic rings. The summed E-state index contributed by atoms with van der Waals surface area (Å²) >= 11 is 0. The van der Waals surface area contributed by atoms with E-state index in [4.69, 9.17) is 18.5 Å². The predicted octanol–water partition coefficient (Wildman–Crippen LogP) is 17.4. The van der Waals surface area contributed by atoms with E-state index in [1.54, 1.807) is 0 Å². The Bertz CT molecular complexity index is 1160. The molecule has 1 unspecified atom stereocenters. The minimum atomic E-state index is -4.63. The SMILES string of the molecule is CCCCCCCC/C=C/CCCCCCCCCCCCCC(=O)O[C@H](COC(=O)CCCCCCCCCCCCCCCCCCCCCCCCC)COP(=O)([O-])OCC[N+](C)(C)C. The molecular formula is C58H114NO8P. The molecule has 68 heavy (non-hydrogen) atoms. The van der Waals surface area contributed by atoms with Crippen LogP contribution in [0.5, 0.6) is 0 Å². The first-order valence-corrected chi connectivity index (χ1v) is 30.9. The fraction of sp³-hybridized carbons (Fsp3) is 0.931. The second-order valence-electron chi connectivity index (χ2n) is 21.4. The molecule has 0 aromatic rings. The lowest BCUT2D eigenvalue weighted by atomic mass is 10.0. The second kappa shape index (κ2) is 50.7. The van der Waals surface area contributed by atoms with Crippen molar-refractivity contribution in [2.24, 2.45) is 0 Å². The maximum atomic E-state index is 12.8. The zero-order valence-corrected chi connectivity index (χ0v) is 46.7. The molecule has 0 heterocycles. The summed E-state index contributed by atoms with van der Waals surface area (Å²) in [5.41, 5.74) is 0. The summed E-state index contributed by atoms with van der Waals surface area (Å²) in [6, 6.07) is 0. The van der Waals surface area contributed by atoms with E-state index in [2.05, 4.69) is 26.0 Å². The normalized spacial score (nSPS) is 13.3. The lowest BCUT2D eigenvalue weighted by molar-refractivity contribution is -0.870. The highest BCUT2D eigenvalue weighted by atomic mass is 31.2. The standard InChI is InChI=1S/C58H114NO8P/c1-6-8-10-12-14-16-18-20-22-24-26-28-29-31-32-34-36-38-40-42-44-46-48-50-57(60)64-54-56(55-66-68(62,63)65-53-52-59(3,4)5)67-58(61)51-49-47-45-43-41-39-37-35-33-30-27-25-23-21-19-17-15-13-11-9-7-2/h21,23,56H,6-20,22,24-55H2,1-5H3/b23-21+/t56-/m1/s1. The average Bonchev–Trinajstić information content (AvgIpc) is 3.30. The van der Waals surface area contributed by atoms with Gasteiger partial charge in [0.15, 0.2) is 6.10 Å². The van der Waals surface area contributed by atoms with Crippen LogP contribution in [0.3, 0.4) is 0 Å². The van der Waals surface area contributed by atoms with Gasteiger partial charge in [0.25, 0.3) is 7.82 Å². The van der Waals surface area contributed by atoms with Crippen molar-refractivity contribution in [2.45, 2.75) is 302 Å². The van der Waals surface area contributed by atoms with Crippen molar-refractivity contribution in [3.05, 3.63) is 12.2 Å². The summed E-state index contributed by atoms with van der Waals surface area (Å²) in [5, 5.41) is 0. The van der Waals surface area contributed by atoms with E-state index in [0.717, 1.165) is 38.5 Å². The van der Waals surface area contributed by atoms with Crippen molar-refractivity contribution in [1.82, 2.24) is 0 Å². The quantitative estimate of drug-likeness (QED) is 0.0195. The number of hydrogen-bond acceptors (Lipinski definition) is 8. The van der Waals surface area contributed by atoms with E-state index >= 15 is 0 Å². The minimum Gasteiger partial charge on any atom is -0.756 e. The molecule has 0 bridgehead atoms. The van der Waals surface area contributed by atoms with Crippen LogP contribution < -0.4 is 4.89 Å². The second-order valence-corrected chi connectivity index (χ2v) is 22.8. The minimum absolute atomic E-state index is 0.0270. The smallest absolute Gasteiger partial charge is 0.306 e. The molecule has 10 heteroatoms. The number of carbonyl (C=O) groups excluding carboxylic acids is 2. The molecule has 0 rings (SSSR count). The van der Waals surface area contributed by atoms with E-state index in [-0.39, 0.29) is 32.0 Å². The lowest BCUT2D eigenvalue weighted by Gasteiger charge is -2.28. The Kier molecular flexibility index (Phi) is 49.8. The fourth-order valence-corrected chi connectivity index (χ4v) is 9.44. The number of unbranched alkanes of at least 4 members (excludes halogenated alkanes) is 39. The Balaban J connectivity index is 4.11. The number of nitrogens with zero attached hydrogens (tertiary/aromatic N) is 1. The summed E-state index contributed by atoms with van der Waals surface area (Å²) in [6.07, 6.45) is 58.3. The number of allylic oxidation sites excluding steroid dienone is 2. The van der Waals surface area contributed by atoms with Gasteiger partial charge in [0, 0.05) is 12.8 Å². The van der Waals surface area contributed by atoms with Crippen LogP contribution in [0.1, 0.15) is 296 Å². The molecular weight excluding hydrogens is 870 g/mol. The number of quaternary nitrogens is 1. The molecule has 404 valence electrons. The first-order valence-electron chi connectivity index (χ1n) is 29.4. The molecule has 0 radical (unpaired) electrons. The van der Waals surface area contributed by atoms with Crippen molar-refractivity contribution >= 4 is 19.8 Å². The number of rotatable bonds is 55. The Labute approximate surface area is 422 Å². The molecule has 0 fully saturated rings. The first kappa shape index (κ1) is 66.8. The number of phosphoric ester groups is 1. The van der Waals surface area contributed by atoms with Crippen molar-refractivity contribution in [2.75, 3.05) is 47.5 Å². The van der Waals surface area contributed by atoms with Gasteiger partial charge in [-0.05, 0) is 38.5 Å². The van der Waals surface area contributed by atoms with Crippen molar-refractivity contribution in [3.8, 4) is 0 Å². The largest absolute Gasteiger partial charge is 0.756 e. The van der Waals surface area contributed by atoms with Crippen molar-refractivity contribution < 1.29 is 42.1 Å². The Morgan fingerprint density at radius 2 is 0.750 bits per heavy atom. The number of carbonyl (C=O) groups is 2. The van der Waals surface area contributed by atoms with Crippen LogP contribution in [-0.4, -0.2) is 70.0 Å². The molecule has 0 aromatic heterocycles. The number of hydrogen-bond donors (Lipinski definition) is 0. The van der Waals surface area contributed by atoms with Gasteiger partial charge in [0.1, 0.15) is 19.8 Å². The van der Waals surface area contributed by atoms with Gasteiger partial charge in [-0.15, -0.1) is 0 Å². The summed E-state index contributed by atoms with van der Waals surface area (Å²) in [4.78, 5) is 37.9. The monoisotopic (exact) mass is 984 g/mol. The summed E-state index contributed by atoms with van der Waals surface area (Å²) in [7, 11) is 1.18. The zero-order chi connectivity index (χ0) is 49.9. The molecule has 9 nitrogen and oxygen atoms in total. The topological polar surface area (TPSA) is 111 Å². The third kappa shape index (κ3) is 54.1. The molecule has 0 spiro atoms. The highest BCUT2D eigenvalue weighted by Crippen LogP contribution is 2.38. The van der Waals surface area contributed by atoms with E-state index in [1.807, 2.05) is 21.1 Å². The van der Waals surface area contributed by atoms with Gasteiger partial charge in [0.05, 0.1) is 27.7 Å².